The third-order valence-electron chi connectivity index (χ3n) is 4.41. The monoisotopic (exact) mass is 268 g/mol. The summed E-state index contributed by atoms with van der Waals surface area (Å²) in [7, 11) is 4.03. The van der Waals surface area contributed by atoms with Crippen molar-refractivity contribution < 1.29 is 4.79 Å². The van der Waals surface area contributed by atoms with Crippen molar-refractivity contribution in [3.63, 3.8) is 0 Å². The predicted octanol–water partition coefficient (Wildman–Crippen LogP) is -0.308. The molecule has 0 aliphatic carbocycles. The molecule has 0 aromatic heterocycles. The highest BCUT2D eigenvalue weighted by Gasteiger charge is 2.24. The van der Waals surface area contributed by atoms with Crippen molar-refractivity contribution >= 4 is 5.91 Å². The van der Waals surface area contributed by atoms with Crippen LogP contribution in [0.15, 0.2) is 0 Å². The van der Waals surface area contributed by atoms with Gasteiger partial charge in [0.05, 0.1) is 6.54 Å². The minimum Gasteiger partial charge on any atom is -0.342 e. The summed E-state index contributed by atoms with van der Waals surface area (Å²) in [6, 6.07) is 0. The molecule has 110 valence electrons. The normalized spacial score (nSPS) is 23.8. The smallest absolute Gasteiger partial charge is 0.236 e. The molecule has 0 spiro atoms. The van der Waals surface area contributed by atoms with Crippen LogP contribution in [0.2, 0.25) is 0 Å². The largest absolute Gasteiger partial charge is 0.342 e. The molecule has 2 saturated heterocycles. The Morgan fingerprint density at radius 3 is 2.32 bits per heavy atom. The van der Waals surface area contributed by atoms with Crippen LogP contribution in [0.4, 0.5) is 0 Å². The lowest BCUT2D eigenvalue weighted by Gasteiger charge is -2.38. The fraction of sp³-hybridized carbons (Fsp3) is 0.929. The number of rotatable bonds is 4. The van der Waals surface area contributed by atoms with Crippen LogP contribution in [0, 0.1) is 5.92 Å². The summed E-state index contributed by atoms with van der Waals surface area (Å²) in [5.41, 5.74) is 0. The molecule has 2 heterocycles. The van der Waals surface area contributed by atoms with Gasteiger partial charge in [0.25, 0.3) is 0 Å². The Kier molecular flexibility index (Phi) is 5.60. The number of amides is 1. The van der Waals surface area contributed by atoms with E-state index in [0.29, 0.717) is 6.54 Å². The Balaban J connectivity index is 1.67. The molecule has 2 aliphatic rings. The van der Waals surface area contributed by atoms with Gasteiger partial charge in [-0.25, -0.2) is 0 Å². The molecule has 2 aliphatic heterocycles. The van der Waals surface area contributed by atoms with Crippen LogP contribution in [0.1, 0.15) is 12.8 Å². The fourth-order valence-electron chi connectivity index (χ4n) is 3.02. The van der Waals surface area contributed by atoms with E-state index in [1.165, 1.54) is 45.6 Å². The van der Waals surface area contributed by atoms with Crippen molar-refractivity contribution in [2.24, 2.45) is 5.92 Å². The third kappa shape index (κ3) is 4.44. The number of likely N-dealkylation sites (N-methyl/N-ethyl adjacent to an activating group) is 2. The third-order valence-corrected chi connectivity index (χ3v) is 4.41. The van der Waals surface area contributed by atoms with Gasteiger partial charge in [0.2, 0.25) is 5.91 Å². The molecule has 0 aromatic carbocycles. The molecule has 2 rings (SSSR count). The Morgan fingerprint density at radius 1 is 1.11 bits per heavy atom. The lowest BCUT2D eigenvalue weighted by molar-refractivity contribution is -0.131. The SMILES string of the molecule is CNCC(=O)N1CCC(CN2CCN(C)CC2)CC1. The highest BCUT2D eigenvalue weighted by Crippen LogP contribution is 2.19. The van der Waals surface area contributed by atoms with Crippen molar-refractivity contribution in [2.75, 3.05) is 66.5 Å². The van der Waals surface area contributed by atoms with E-state index in [-0.39, 0.29) is 5.91 Å². The van der Waals surface area contributed by atoms with E-state index >= 15 is 0 Å². The number of piperidine rings is 1. The minimum atomic E-state index is 0.251. The maximum Gasteiger partial charge on any atom is 0.236 e. The van der Waals surface area contributed by atoms with E-state index < -0.39 is 0 Å². The number of hydrogen-bond donors (Lipinski definition) is 1. The van der Waals surface area contributed by atoms with Gasteiger partial charge >= 0.3 is 0 Å². The van der Waals surface area contributed by atoms with Crippen molar-refractivity contribution in [3.05, 3.63) is 0 Å². The highest BCUT2D eigenvalue weighted by atomic mass is 16.2. The number of nitrogens with zero attached hydrogens (tertiary/aromatic N) is 3. The number of hydrogen-bond acceptors (Lipinski definition) is 4. The van der Waals surface area contributed by atoms with Crippen molar-refractivity contribution in [2.45, 2.75) is 12.8 Å². The van der Waals surface area contributed by atoms with Crippen LogP contribution >= 0.6 is 0 Å². The fourth-order valence-corrected chi connectivity index (χ4v) is 3.02. The quantitative estimate of drug-likeness (QED) is 0.759. The van der Waals surface area contributed by atoms with Gasteiger partial charge in [-0.05, 0) is 32.9 Å². The number of likely N-dealkylation sites (tertiary alicyclic amines) is 1. The first kappa shape index (κ1) is 14.8. The molecule has 5 heteroatoms. The molecule has 0 aromatic rings. The van der Waals surface area contributed by atoms with Crippen molar-refractivity contribution in [1.29, 1.82) is 0 Å². The molecule has 0 atom stereocenters. The average molecular weight is 268 g/mol. The average Bonchev–Trinajstić information content (AvgIpc) is 2.42. The van der Waals surface area contributed by atoms with Gasteiger partial charge in [0.15, 0.2) is 0 Å². The number of nitrogens with one attached hydrogen (secondary N) is 1. The summed E-state index contributed by atoms with van der Waals surface area (Å²) < 4.78 is 0. The van der Waals surface area contributed by atoms with Gasteiger partial charge in [0, 0.05) is 45.8 Å². The predicted molar refractivity (Wildman–Crippen MR) is 77.2 cm³/mol. The van der Waals surface area contributed by atoms with E-state index in [1.807, 2.05) is 11.9 Å². The Bertz CT molecular complexity index is 281. The van der Waals surface area contributed by atoms with Gasteiger partial charge in [-0.1, -0.05) is 0 Å². The first-order valence-corrected chi connectivity index (χ1v) is 7.52. The van der Waals surface area contributed by atoms with E-state index in [0.717, 1.165) is 19.0 Å². The minimum absolute atomic E-state index is 0.251. The summed E-state index contributed by atoms with van der Waals surface area (Å²) in [6.07, 6.45) is 2.34. The molecule has 5 nitrogen and oxygen atoms in total. The summed E-state index contributed by atoms with van der Waals surface area (Å²) in [5, 5.41) is 2.94. The summed E-state index contributed by atoms with van der Waals surface area (Å²) >= 11 is 0. The molecule has 0 bridgehead atoms. The Labute approximate surface area is 116 Å². The second-order valence-corrected chi connectivity index (χ2v) is 5.96. The lowest BCUT2D eigenvalue weighted by atomic mass is 9.96. The topological polar surface area (TPSA) is 38.8 Å². The van der Waals surface area contributed by atoms with Crippen molar-refractivity contribution in [1.82, 2.24) is 20.0 Å². The molecule has 1 N–H and O–H groups in total. The number of carbonyl (C=O) groups excluding carboxylic acids is 1. The molecule has 2 fully saturated rings. The van der Waals surface area contributed by atoms with Gasteiger partial charge in [-0.15, -0.1) is 0 Å². The number of piperazine rings is 1. The van der Waals surface area contributed by atoms with Gasteiger partial charge < -0.3 is 20.0 Å². The van der Waals surface area contributed by atoms with E-state index in [9.17, 15) is 4.79 Å². The first-order valence-electron chi connectivity index (χ1n) is 7.52. The van der Waals surface area contributed by atoms with E-state index in [4.69, 9.17) is 0 Å². The second-order valence-electron chi connectivity index (χ2n) is 5.96. The zero-order valence-corrected chi connectivity index (χ0v) is 12.4. The summed E-state index contributed by atoms with van der Waals surface area (Å²) in [4.78, 5) is 18.8. The van der Waals surface area contributed by atoms with Crippen LogP contribution in [-0.4, -0.2) is 87.1 Å². The molecule has 19 heavy (non-hydrogen) atoms. The molecular formula is C14H28N4O. The molecule has 0 saturated carbocycles. The highest BCUT2D eigenvalue weighted by molar-refractivity contribution is 5.78. The first-order chi connectivity index (χ1) is 9.19. The Hall–Kier alpha value is -0.650. The summed E-state index contributed by atoms with van der Waals surface area (Å²) in [5.74, 6) is 1.03. The van der Waals surface area contributed by atoms with Crippen LogP contribution < -0.4 is 5.32 Å². The van der Waals surface area contributed by atoms with Crippen LogP contribution in [0.25, 0.3) is 0 Å². The zero-order valence-electron chi connectivity index (χ0n) is 12.4. The second kappa shape index (κ2) is 7.22. The van der Waals surface area contributed by atoms with Crippen LogP contribution in [-0.2, 0) is 4.79 Å². The zero-order chi connectivity index (χ0) is 13.7. The standard InChI is InChI=1S/C14H28N4O/c1-15-11-14(19)18-5-3-13(4-6-18)12-17-9-7-16(2)8-10-17/h13,15H,3-12H2,1-2H3. The molecule has 1 amide bonds. The molecule has 0 unspecified atom stereocenters. The van der Waals surface area contributed by atoms with Gasteiger partial charge in [0.1, 0.15) is 0 Å². The van der Waals surface area contributed by atoms with Crippen molar-refractivity contribution in [3.8, 4) is 0 Å². The van der Waals surface area contributed by atoms with Crippen LogP contribution in [0.5, 0.6) is 0 Å². The Morgan fingerprint density at radius 2 is 1.74 bits per heavy atom. The lowest BCUT2D eigenvalue weighted by Crippen LogP contribution is -2.48. The maximum atomic E-state index is 11.8. The number of carbonyl (C=O) groups is 1. The van der Waals surface area contributed by atoms with Gasteiger partial charge in [-0.3, -0.25) is 4.79 Å². The van der Waals surface area contributed by atoms with Gasteiger partial charge in [-0.2, -0.15) is 0 Å². The maximum absolute atomic E-state index is 11.8. The van der Waals surface area contributed by atoms with Crippen LogP contribution in [0.3, 0.4) is 0 Å². The molecular weight excluding hydrogens is 240 g/mol. The van der Waals surface area contributed by atoms with E-state index in [1.54, 1.807) is 0 Å². The summed E-state index contributed by atoms with van der Waals surface area (Å²) in [6.45, 7) is 8.38. The molecule has 0 radical (unpaired) electrons. The van der Waals surface area contributed by atoms with E-state index in [2.05, 4.69) is 22.2 Å².